The second-order valence-corrected chi connectivity index (χ2v) is 3.12. The average Bonchev–Trinajstić information content (AvgIpc) is 1.89. The Bertz CT molecular complexity index is 35.9. The van der Waals surface area contributed by atoms with Crippen molar-refractivity contribution in [1.82, 2.24) is 0 Å². The molecule has 0 saturated heterocycles. The molecule has 0 amide bonds. The third-order valence-corrected chi connectivity index (χ3v) is 1.39. The molecular weight excluding hydrogens is 124 g/mol. The summed E-state index contributed by atoms with van der Waals surface area (Å²) in [5.74, 6) is 0.329. The zero-order chi connectivity index (χ0) is 7.70. The van der Waals surface area contributed by atoms with Gasteiger partial charge in [-0.25, -0.2) is 0 Å². The topological polar surface area (TPSA) is 23.1 Å². The van der Waals surface area contributed by atoms with Gasteiger partial charge in [0.1, 0.15) is 0 Å². The summed E-state index contributed by atoms with van der Waals surface area (Å²) in [5, 5.41) is 9.63. The Labute approximate surface area is 71.3 Å². The van der Waals surface area contributed by atoms with E-state index in [9.17, 15) is 5.11 Å². The van der Waals surface area contributed by atoms with Crippen LogP contribution in [0.2, 0.25) is 4.55 Å². The van der Waals surface area contributed by atoms with E-state index in [1.54, 1.807) is 0 Å². The first-order chi connectivity index (χ1) is 4.18. The molecule has 0 radical (unpaired) electrons. The summed E-state index contributed by atoms with van der Waals surface area (Å²) in [7, 11) is 0. The molecule has 0 rings (SSSR count). The van der Waals surface area contributed by atoms with E-state index in [4.69, 9.17) is 0 Å². The van der Waals surface area contributed by atoms with Crippen LogP contribution >= 0.6 is 0 Å². The quantitative estimate of drug-likeness (QED) is 0.525. The maximum absolute atomic E-state index is 9.63. The van der Waals surface area contributed by atoms with E-state index in [0.29, 0.717) is 5.92 Å². The Morgan fingerprint density at radius 1 is 1.44 bits per heavy atom. The molecular formula is C7H16MgO. The predicted octanol–water partition coefficient (Wildman–Crippen LogP) is 0.986. The van der Waals surface area contributed by atoms with Crippen LogP contribution in [0.1, 0.15) is 27.2 Å². The molecule has 0 saturated carbocycles. The fourth-order valence-electron chi connectivity index (χ4n) is 0. The van der Waals surface area contributed by atoms with Crippen molar-refractivity contribution >= 4 is 21.7 Å². The van der Waals surface area contributed by atoms with Gasteiger partial charge in [0, 0.05) is 0 Å². The van der Waals surface area contributed by atoms with Crippen molar-refractivity contribution in [1.29, 1.82) is 0 Å². The minimum atomic E-state index is 0.0556. The van der Waals surface area contributed by atoms with Crippen molar-refractivity contribution < 1.29 is 5.11 Å². The van der Waals surface area contributed by atoms with Crippen LogP contribution in [0, 0.1) is 5.92 Å². The van der Waals surface area contributed by atoms with E-state index < -0.39 is 0 Å². The van der Waals surface area contributed by atoms with Crippen LogP contribution < -0.4 is 5.11 Å². The zero-order valence-electron chi connectivity index (χ0n) is 6.81. The van der Waals surface area contributed by atoms with Crippen molar-refractivity contribution in [3.05, 3.63) is 0 Å². The van der Waals surface area contributed by atoms with Gasteiger partial charge in [-0.3, -0.25) is 0 Å². The molecule has 0 aliphatic carbocycles. The molecule has 0 spiro atoms. The zero-order valence-corrected chi connectivity index (χ0v) is 8.23. The molecule has 0 aromatic heterocycles. The Hall–Kier alpha value is 0.726. The van der Waals surface area contributed by atoms with Gasteiger partial charge >= 0.3 is 39.6 Å². The molecule has 0 N–H and O–H groups in total. The van der Waals surface area contributed by atoms with Crippen molar-refractivity contribution in [3.63, 3.8) is 0 Å². The van der Waals surface area contributed by atoms with Crippen LogP contribution in [-0.4, -0.2) is 28.3 Å². The SMILES string of the molecule is CC(C)C[O-].CC[CH2][Mg+]. The van der Waals surface area contributed by atoms with Gasteiger partial charge in [-0.2, -0.15) is 0 Å². The van der Waals surface area contributed by atoms with Gasteiger partial charge in [-0.05, 0) is 0 Å². The van der Waals surface area contributed by atoms with Crippen LogP contribution in [0.3, 0.4) is 0 Å². The van der Waals surface area contributed by atoms with Gasteiger partial charge in [0.25, 0.3) is 0 Å². The second-order valence-electron chi connectivity index (χ2n) is 2.41. The Morgan fingerprint density at radius 3 is 1.67 bits per heavy atom. The average molecular weight is 141 g/mol. The molecule has 0 aromatic carbocycles. The third-order valence-electron chi connectivity index (χ3n) is 0.687. The molecule has 0 heterocycles. The summed E-state index contributed by atoms with van der Waals surface area (Å²) >= 11 is 2.02. The normalized spacial score (nSPS) is 8.78. The molecule has 0 aliphatic rings. The van der Waals surface area contributed by atoms with Crippen molar-refractivity contribution in [2.45, 2.75) is 31.7 Å². The van der Waals surface area contributed by atoms with Gasteiger partial charge in [0.15, 0.2) is 0 Å². The van der Waals surface area contributed by atoms with E-state index in [1.807, 2.05) is 35.6 Å². The van der Waals surface area contributed by atoms with Crippen LogP contribution in [-0.2, 0) is 0 Å². The molecule has 0 bridgehead atoms. The predicted molar refractivity (Wildman–Crippen MR) is 40.6 cm³/mol. The molecule has 0 aliphatic heterocycles. The summed E-state index contributed by atoms with van der Waals surface area (Å²) in [6.07, 6.45) is 1.33. The molecule has 0 unspecified atom stereocenters. The first-order valence-corrected chi connectivity index (χ1v) is 4.56. The molecule has 0 fully saturated rings. The number of rotatable bonds is 2. The fourth-order valence-corrected chi connectivity index (χ4v) is 0. The summed E-state index contributed by atoms with van der Waals surface area (Å²) in [6, 6.07) is 0. The van der Waals surface area contributed by atoms with Gasteiger partial charge in [0.05, 0.1) is 0 Å². The van der Waals surface area contributed by atoms with Crippen molar-refractivity contribution in [3.8, 4) is 0 Å². The number of hydrogen-bond donors (Lipinski definition) is 0. The van der Waals surface area contributed by atoms with Crippen LogP contribution in [0.5, 0.6) is 0 Å². The Balaban J connectivity index is 0. The molecule has 52 valence electrons. The van der Waals surface area contributed by atoms with Crippen molar-refractivity contribution in [2.75, 3.05) is 6.61 Å². The van der Waals surface area contributed by atoms with E-state index in [1.165, 1.54) is 11.0 Å². The van der Waals surface area contributed by atoms with Gasteiger partial charge in [-0.15, -0.1) is 6.61 Å². The van der Waals surface area contributed by atoms with Crippen molar-refractivity contribution in [2.24, 2.45) is 5.92 Å². The van der Waals surface area contributed by atoms with Gasteiger partial charge in [0.2, 0.25) is 0 Å². The Morgan fingerprint density at radius 2 is 1.67 bits per heavy atom. The van der Waals surface area contributed by atoms with E-state index in [0.717, 1.165) is 0 Å². The van der Waals surface area contributed by atoms with E-state index in [2.05, 4.69) is 6.92 Å². The van der Waals surface area contributed by atoms with Gasteiger partial charge < -0.3 is 5.11 Å². The molecule has 2 heteroatoms. The number of hydrogen-bond acceptors (Lipinski definition) is 1. The van der Waals surface area contributed by atoms with Crippen LogP contribution in [0.15, 0.2) is 0 Å². The molecule has 1 nitrogen and oxygen atoms in total. The first kappa shape index (κ1) is 12.4. The van der Waals surface area contributed by atoms with Gasteiger partial charge in [-0.1, -0.05) is 19.8 Å². The Kier molecular flexibility index (Phi) is 15.9. The van der Waals surface area contributed by atoms with E-state index in [-0.39, 0.29) is 6.61 Å². The molecule has 0 aromatic rings. The monoisotopic (exact) mass is 140 g/mol. The van der Waals surface area contributed by atoms with Crippen LogP contribution in [0.25, 0.3) is 0 Å². The fraction of sp³-hybridized carbons (Fsp3) is 1.00. The summed E-state index contributed by atoms with van der Waals surface area (Å²) < 4.78 is 1.35. The summed E-state index contributed by atoms with van der Waals surface area (Å²) in [6.45, 7) is 6.06. The standard InChI is InChI=1S/C4H9O.C3H7.Mg/c1-4(2)3-5;1-3-2;/h4H,3H2,1-2H3;1,3H2,2H3;/q-1;;+1. The molecule has 9 heavy (non-hydrogen) atoms. The van der Waals surface area contributed by atoms with Crippen LogP contribution in [0.4, 0.5) is 0 Å². The maximum atomic E-state index is 9.63. The van der Waals surface area contributed by atoms with E-state index >= 15 is 0 Å². The first-order valence-electron chi connectivity index (χ1n) is 3.56. The second kappa shape index (κ2) is 11.5. The summed E-state index contributed by atoms with van der Waals surface area (Å²) in [4.78, 5) is 0. The minimum absolute atomic E-state index is 0.0556. The molecule has 0 atom stereocenters. The summed E-state index contributed by atoms with van der Waals surface area (Å²) in [5.41, 5.74) is 0. The third kappa shape index (κ3) is 28.4.